The molecule has 0 spiro atoms. The van der Waals surface area contributed by atoms with Crippen molar-refractivity contribution in [2.24, 2.45) is 17.8 Å². The van der Waals surface area contributed by atoms with Gasteiger partial charge < -0.3 is 4.74 Å². The molecule has 1 aliphatic carbocycles. The van der Waals surface area contributed by atoms with Crippen LogP contribution in [0.4, 0.5) is 0 Å². The third-order valence-electron chi connectivity index (χ3n) is 5.92. The van der Waals surface area contributed by atoms with Crippen molar-refractivity contribution in [1.29, 1.82) is 0 Å². The Morgan fingerprint density at radius 1 is 0.929 bits per heavy atom. The zero-order chi connectivity index (χ0) is 20.1. The van der Waals surface area contributed by atoms with E-state index in [1.165, 1.54) is 6.42 Å². The number of rotatable bonds is 6. The maximum absolute atomic E-state index is 13.3. The van der Waals surface area contributed by atoms with Gasteiger partial charge >= 0.3 is 5.97 Å². The van der Waals surface area contributed by atoms with Crippen LogP contribution in [0.25, 0.3) is 0 Å². The summed E-state index contributed by atoms with van der Waals surface area (Å²) in [5.41, 5.74) is 1.22. The molecule has 3 rings (SSSR count). The Morgan fingerprint density at radius 3 is 2.14 bits per heavy atom. The Labute approximate surface area is 168 Å². The molecule has 2 aromatic rings. The lowest BCUT2D eigenvalue weighted by atomic mass is 9.75. The Bertz CT molecular complexity index is 782. The van der Waals surface area contributed by atoms with Gasteiger partial charge in [0.2, 0.25) is 0 Å². The average Bonchev–Trinajstić information content (AvgIpc) is 2.69. The molecule has 0 radical (unpaired) electrons. The number of hydrogen-bond donors (Lipinski definition) is 0. The number of esters is 1. The first-order valence-electron chi connectivity index (χ1n) is 10.3. The van der Waals surface area contributed by atoms with Gasteiger partial charge in [-0.1, -0.05) is 87.9 Å². The number of carbonyl (C=O) groups is 2. The molecule has 0 heterocycles. The molecule has 0 N–H and O–H groups in total. The van der Waals surface area contributed by atoms with Crippen molar-refractivity contribution in [2.75, 3.05) is 0 Å². The van der Waals surface area contributed by atoms with Gasteiger partial charge in [0.25, 0.3) is 0 Å². The Kier molecular flexibility index (Phi) is 6.66. The lowest BCUT2D eigenvalue weighted by molar-refractivity contribution is -0.156. The van der Waals surface area contributed by atoms with Crippen molar-refractivity contribution in [2.45, 2.75) is 52.1 Å². The van der Waals surface area contributed by atoms with E-state index in [2.05, 4.69) is 20.8 Å². The van der Waals surface area contributed by atoms with Crippen LogP contribution in [0.5, 0.6) is 0 Å². The van der Waals surface area contributed by atoms with E-state index in [4.69, 9.17) is 4.74 Å². The number of ketones is 1. The lowest BCUT2D eigenvalue weighted by Crippen LogP contribution is -2.38. The molecule has 2 aromatic carbocycles. The fraction of sp³-hybridized carbons (Fsp3) is 0.440. The lowest BCUT2D eigenvalue weighted by Gasteiger charge is -2.37. The molecule has 0 aromatic heterocycles. The number of benzene rings is 2. The second-order valence-corrected chi connectivity index (χ2v) is 8.38. The first-order valence-corrected chi connectivity index (χ1v) is 10.3. The maximum Gasteiger partial charge on any atom is 0.321 e. The first kappa shape index (κ1) is 20.3. The molecular weight excluding hydrogens is 348 g/mol. The van der Waals surface area contributed by atoms with Crippen molar-refractivity contribution in [3.8, 4) is 0 Å². The third kappa shape index (κ3) is 4.70. The molecule has 0 unspecified atom stereocenters. The van der Waals surface area contributed by atoms with Crippen LogP contribution in [0, 0.1) is 17.8 Å². The van der Waals surface area contributed by atoms with E-state index in [1.807, 2.05) is 48.5 Å². The molecule has 0 bridgehead atoms. The van der Waals surface area contributed by atoms with E-state index < -0.39 is 11.9 Å². The summed E-state index contributed by atoms with van der Waals surface area (Å²) in [4.78, 5) is 26.5. The van der Waals surface area contributed by atoms with Crippen LogP contribution in [0.2, 0.25) is 0 Å². The SMILES string of the molecule is CC(C)[C@H]1CC[C@@H](C)C[C@@H]1OC(=O)[C@@H](C(=O)c1ccccc1)c1ccccc1. The fourth-order valence-electron chi connectivity index (χ4n) is 4.28. The minimum Gasteiger partial charge on any atom is -0.461 e. The normalized spacial score (nSPS) is 23.2. The summed E-state index contributed by atoms with van der Waals surface area (Å²) in [6, 6.07) is 18.3. The van der Waals surface area contributed by atoms with Gasteiger partial charge in [0.1, 0.15) is 12.0 Å². The largest absolute Gasteiger partial charge is 0.461 e. The summed E-state index contributed by atoms with van der Waals surface area (Å²) in [5.74, 6) is -0.221. The number of hydrogen-bond acceptors (Lipinski definition) is 3. The van der Waals surface area contributed by atoms with Crippen molar-refractivity contribution in [3.63, 3.8) is 0 Å². The molecule has 0 aliphatic heterocycles. The molecule has 1 aliphatic rings. The predicted octanol–water partition coefficient (Wildman–Crippen LogP) is 5.66. The molecule has 1 fully saturated rings. The van der Waals surface area contributed by atoms with E-state index in [1.54, 1.807) is 12.1 Å². The molecule has 3 heteroatoms. The molecule has 148 valence electrons. The Balaban J connectivity index is 1.87. The third-order valence-corrected chi connectivity index (χ3v) is 5.92. The standard InChI is InChI=1S/C25H30O3/c1-17(2)21-15-14-18(3)16-22(21)28-25(27)23(19-10-6-4-7-11-19)24(26)20-12-8-5-9-13-20/h4-13,17-18,21-23H,14-16H2,1-3H3/t18-,21-,22+,23-/m1/s1. The van der Waals surface area contributed by atoms with E-state index in [0.717, 1.165) is 12.8 Å². The smallest absolute Gasteiger partial charge is 0.321 e. The van der Waals surface area contributed by atoms with Crippen LogP contribution in [0.1, 0.15) is 61.9 Å². The number of Topliss-reactive ketones (excluding diaryl/α,β-unsaturated/α-hetero) is 1. The van der Waals surface area contributed by atoms with E-state index in [-0.39, 0.29) is 11.9 Å². The van der Waals surface area contributed by atoms with Crippen molar-refractivity contribution in [3.05, 3.63) is 71.8 Å². The zero-order valence-electron chi connectivity index (χ0n) is 17.0. The van der Waals surface area contributed by atoms with E-state index >= 15 is 0 Å². The second kappa shape index (κ2) is 9.18. The van der Waals surface area contributed by atoms with Gasteiger partial charge in [-0.15, -0.1) is 0 Å². The van der Waals surface area contributed by atoms with Crippen LogP contribution in [-0.4, -0.2) is 17.9 Å². The predicted molar refractivity (Wildman–Crippen MR) is 111 cm³/mol. The van der Waals surface area contributed by atoms with E-state index in [0.29, 0.717) is 28.9 Å². The van der Waals surface area contributed by atoms with Gasteiger partial charge in [-0.25, -0.2) is 0 Å². The first-order chi connectivity index (χ1) is 13.5. The van der Waals surface area contributed by atoms with Crippen molar-refractivity contribution in [1.82, 2.24) is 0 Å². The number of ether oxygens (including phenoxy) is 1. The maximum atomic E-state index is 13.3. The van der Waals surface area contributed by atoms with Crippen LogP contribution in [0.3, 0.4) is 0 Å². The topological polar surface area (TPSA) is 43.4 Å². The molecule has 0 saturated heterocycles. The van der Waals surface area contributed by atoms with Gasteiger partial charge in [-0.05, 0) is 36.2 Å². The second-order valence-electron chi connectivity index (χ2n) is 8.38. The zero-order valence-corrected chi connectivity index (χ0v) is 17.0. The minimum atomic E-state index is -0.923. The Morgan fingerprint density at radius 2 is 1.54 bits per heavy atom. The summed E-state index contributed by atoms with van der Waals surface area (Å²) in [6.07, 6.45) is 2.99. The van der Waals surface area contributed by atoms with Gasteiger partial charge in [0.05, 0.1) is 0 Å². The Hall–Kier alpha value is -2.42. The van der Waals surface area contributed by atoms with Gasteiger partial charge in [0, 0.05) is 5.56 Å². The molecule has 28 heavy (non-hydrogen) atoms. The fourth-order valence-corrected chi connectivity index (χ4v) is 4.28. The molecule has 0 amide bonds. The summed E-state index contributed by atoms with van der Waals surface area (Å²) in [6.45, 7) is 6.58. The highest BCUT2D eigenvalue weighted by molar-refractivity contribution is 6.13. The van der Waals surface area contributed by atoms with E-state index in [9.17, 15) is 9.59 Å². The van der Waals surface area contributed by atoms with Crippen molar-refractivity contribution < 1.29 is 14.3 Å². The highest BCUT2D eigenvalue weighted by atomic mass is 16.5. The quantitative estimate of drug-likeness (QED) is 0.370. The highest BCUT2D eigenvalue weighted by Gasteiger charge is 2.37. The summed E-state index contributed by atoms with van der Waals surface area (Å²) in [5, 5.41) is 0. The molecule has 1 saturated carbocycles. The molecular formula is C25H30O3. The average molecular weight is 379 g/mol. The molecule has 4 atom stereocenters. The summed E-state index contributed by atoms with van der Waals surface area (Å²) >= 11 is 0. The monoisotopic (exact) mass is 378 g/mol. The van der Waals surface area contributed by atoms with Gasteiger partial charge in [0.15, 0.2) is 5.78 Å². The minimum absolute atomic E-state index is 0.119. The highest BCUT2D eigenvalue weighted by Crippen LogP contribution is 2.36. The van der Waals surface area contributed by atoms with Crippen molar-refractivity contribution >= 4 is 11.8 Å². The van der Waals surface area contributed by atoms with Crippen LogP contribution < -0.4 is 0 Å². The van der Waals surface area contributed by atoms with Crippen LogP contribution >= 0.6 is 0 Å². The van der Waals surface area contributed by atoms with Crippen LogP contribution in [-0.2, 0) is 9.53 Å². The number of carbonyl (C=O) groups excluding carboxylic acids is 2. The van der Waals surface area contributed by atoms with Crippen LogP contribution in [0.15, 0.2) is 60.7 Å². The summed E-state index contributed by atoms with van der Waals surface area (Å²) in [7, 11) is 0. The summed E-state index contributed by atoms with van der Waals surface area (Å²) < 4.78 is 6.04. The van der Waals surface area contributed by atoms with Gasteiger partial charge in [-0.2, -0.15) is 0 Å². The van der Waals surface area contributed by atoms with Gasteiger partial charge in [-0.3, -0.25) is 9.59 Å². The molecule has 3 nitrogen and oxygen atoms in total.